The number of carbonyl (C=O) groups excluding carboxylic acids is 1. The van der Waals surface area contributed by atoms with E-state index in [1.807, 2.05) is 37.3 Å². The Labute approximate surface area is 114 Å². The summed E-state index contributed by atoms with van der Waals surface area (Å²) in [5, 5.41) is 3.17. The van der Waals surface area contributed by atoms with Crippen LogP contribution in [0.1, 0.15) is 32.6 Å². The number of fused-ring (bicyclic) bond motifs is 2. The molecule has 0 spiro atoms. The summed E-state index contributed by atoms with van der Waals surface area (Å²) in [5.41, 5.74) is 0. The first-order valence-corrected chi connectivity index (χ1v) is 7.24. The van der Waals surface area contributed by atoms with Gasteiger partial charge in [0.25, 0.3) is 5.91 Å². The molecule has 19 heavy (non-hydrogen) atoms. The fourth-order valence-corrected chi connectivity index (χ4v) is 3.48. The molecule has 3 heteroatoms. The van der Waals surface area contributed by atoms with E-state index in [0.29, 0.717) is 12.0 Å². The van der Waals surface area contributed by atoms with Crippen LogP contribution in [0.2, 0.25) is 0 Å². The van der Waals surface area contributed by atoms with Crippen LogP contribution in [0.5, 0.6) is 5.75 Å². The van der Waals surface area contributed by atoms with E-state index in [4.69, 9.17) is 4.74 Å². The minimum atomic E-state index is -0.429. The molecule has 4 atom stereocenters. The van der Waals surface area contributed by atoms with Gasteiger partial charge < -0.3 is 10.1 Å². The molecule has 0 aliphatic heterocycles. The first-order chi connectivity index (χ1) is 9.22. The molecular weight excluding hydrogens is 238 g/mol. The van der Waals surface area contributed by atoms with Gasteiger partial charge in [0.1, 0.15) is 5.75 Å². The highest BCUT2D eigenvalue weighted by molar-refractivity contribution is 5.81. The van der Waals surface area contributed by atoms with E-state index in [0.717, 1.165) is 18.1 Å². The highest BCUT2D eigenvalue weighted by atomic mass is 16.5. The molecule has 2 saturated carbocycles. The third-order valence-electron chi connectivity index (χ3n) is 4.49. The Morgan fingerprint density at radius 3 is 2.68 bits per heavy atom. The zero-order valence-corrected chi connectivity index (χ0v) is 11.3. The largest absolute Gasteiger partial charge is 0.481 e. The number of rotatable bonds is 4. The van der Waals surface area contributed by atoms with Crippen LogP contribution in [0.25, 0.3) is 0 Å². The first kappa shape index (κ1) is 12.5. The van der Waals surface area contributed by atoms with Crippen LogP contribution in [0, 0.1) is 11.8 Å². The Hall–Kier alpha value is -1.51. The maximum Gasteiger partial charge on any atom is 0.261 e. The van der Waals surface area contributed by atoms with Gasteiger partial charge in [0.15, 0.2) is 6.10 Å². The lowest BCUT2D eigenvalue weighted by Gasteiger charge is -2.24. The number of hydrogen-bond acceptors (Lipinski definition) is 2. The zero-order chi connectivity index (χ0) is 13.2. The van der Waals surface area contributed by atoms with E-state index in [2.05, 4.69) is 5.32 Å². The SMILES string of the molecule is C[C@@H](Oc1ccccc1)C(=O)N[C@H]1C[C@H]2CC[C@H]1C2. The Bertz CT molecular complexity index is 445. The second-order valence-electron chi connectivity index (χ2n) is 5.86. The summed E-state index contributed by atoms with van der Waals surface area (Å²) in [7, 11) is 0. The number of ether oxygens (including phenoxy) is 1. The van der Waals surface area contributed by atoms with Gasteiger partial charge in [-0.1, -0.05) is 24.6 Å². The van der Waals surface area contributed by atoms with Crippen LogP contribution in [-0.4, -0.2) is 18.1 Å². The van der Waals surface area contributed by atoms with Gasteiger partial charge in [0.2, 0.25) is 0 Å². The summed E-state index contributed by atoms with van der Waals surface area (Å²) >= 11 is 0. The molecule has 1 aromatic rings. The van der Waals surface area contributed by atoms with Gasteiger partial charge in [-0.2, -0.15) is 0 Å². The fraction of sp³-hybridized carbons (Fsp3) is 0.562. The summed E-state index contributed by atoms with van der Waals surface area (Å²) in [4.78, 5) is 12.1. The Kier molecular flexibility index (Phi) is 3.45. The maximum atomic E-state index is 12.1. The highest BCUT2D eigenvalue weighted by Gasteiger charge is 2.40. The topological polar surface area (TPSA) is 38.3 Å². The van der Waals surface area contributed by atoms with Gasteiger partial charge in [-0.25, -0.2) is 0 Å². The maximum absolute atomic E-state index is 12.1. The van der Waals surface area contributed by atoms with E-state index < -0.39 is 6.10 Å². The number of hydrogen-bond donors (Lipinski definition) is 1. The summed E-state index contributed by atoms with van der Waals surface area (Å²) in [6.07, 6.45) is 4.67. The first-order valence-electron chi connectivity index (χ1n) is 7.24. The van der Waals surface area contributed by atoms with E-state index >= 15 is 0 Å². The lowest BCUT2D eigenvalue weighted by atomic mass is 9.95. The molecule has 1 amide bonds. The highest BCUT2D eigenvalue weighted by Crippen LogP contribution is 2.44. The van der Waals surface area contributed by atoms with E-state index in [1.165, 1.54) is 19.3 Å². The predicted octanol–water partition coefficient (Wildman–Crippen LogP) is 2.76. The molecule has 0 aromatic heterocycles. The Balaban J connectivity index is 1.53. The monoisotopic (exact) mass is 259 g/mol. The predicted molar refractivity (Wildman–Crippen MR) is 73.9 cm³/mol. The second kappa shape index (κ2) is 5.24. The van der Waals surface area contributed by atoms with Gasteiger partial charge in [0, 0.05) is 6.04 Å². The van der Waals surface area contributed by atoms with Crippen LogP contribution < -0.4 is 10.1 Å². The lowest BCUT2D eigenvalue weighted by molar-refractivity contribution is -0.128. The van der Waals surface area contributed by atoms with Crippen molar-refractivity contribution < 1.29 is 9.53 Å². The summed E-state index contributed by atoms with van der Waals surface area (Å²) in [6.45, 7) is 1.82. The van der Waals surface area contributed by atoms with Crippen molar-refractivity contribution in [2.24, 2.45) is 11.8 Å². The zero-order valence-electron chi connectivity index (χ0n) is 11.3. The van der Waals surface area contributed by atoms with E-state index in [-0.39, 0.29) is 5.91 Å². The molecule has 2 aliphatic carbocycles. The molecule has 0 saturated heterocycles. The molecule has 1 N–H and O–H groups in total. The average Bonchev–Trinajstić information content (AvgIpc) is 3.02. The number of benzene rings is 1. The van der Waals surface area contributed by atoms with Crippen molar-refractivity contribution in [1.82, 2.24) is 5.32 Å². The Morgan fingerprint density at radius 2 is 2.05 bits per heavy atom. The summed E-state index contributed by atoms with van der Waals surface area (Å²) < 4.78 is 5.65. The molecule has 1 aromatic carbocycles. The molecule has 3 nitrogen and oxygen atoms in total. The van der Waals surface area contributed by atoms with Gasteiger partial charge in [-0.05, 0) is 50.2 Å². The van der Waals surface area contributed by atoms with Gasteiger partial charge in [0.05, 0.1) is 0 Å². The average molecular weight is 259 g/mol. The van der Waals surface area contributed by atoms with Gasteiger partial charge in [-0.3, -0.25) is 4.79 Å². The summed E-state index contributed by atoms with van der Waals surface area (Å²) in [6, 6.07) is 9.90. The third-order valence-corrected chi connectivity index (χ3v) is 4.49. The van der Waals surface area contributed by atoms with Crippen LogP contribution in [-0.2, 0) is 4.79 Å². The summed E-state index contributed by atoms with van der Waals surface area (Å²) in [5.74, 6) is 2.32. The van der Waals surface area contributed by atoms with Crippen molar-refractivity contribution in [2.75, 3.05) is 0 Å². The van der Waals surface area contributed by atoms with Crippen molar-refractivity contribution in [3.8, 4) is 5.75 Å². The quantitative estimate of drug-likeness (QED) is 0.903. The molecule has 2 fully saturated rings. The Morgan fingerprint density at radius 1 is 1.26 bits per heavy atom. The molecule has 102 valence electrons. The van der Waals surface area contributed by atoms with Crippen molar-refractivity contribution in [2.45, 2.75) is 44.8 Å². The van der Waals surface area contributed by atoms with Crippen LogP contribution in [0.15, 0.2) is 30.3 Å². The van der Waals surface area contributed by atoms with Crippen molar-refractivity contribution in [3.05, 3.63) is 30.3 Å². The van der Waals surface area contributed by atoms with E-state index in [9.17, 15) is 4.79 Å². The normalized spacial score (nSPS) is 30.1. The molecule has 2 bridgehead atoms. The van der Waals surface area contributed by atoms with Gasteiger partial charge in [-0.15, -0.1) is 0 Å². The molecule has 2 aliphatic rings. The molecule has 0 unspecified atom stereocenters. The molecule has 0 heterocycles. The number of nitrogens with one attached hydrogen (secondary N) is 1. The minimum Gasteiger partial charge on any atom is -0.481 e. The lowest BCUT2D eigenvalue weighted by Crippen LogP contribution is -2.44. The molecule has 0 radical (unpaired) electrons. The molecular formula is C16H21NO2. The fourth-order valence-electron chi connectivity index (χ4n) is 3.48. The standard InChI is InChI=1S/C16H21NO2/c1-11(19-14-5-3-2-4-6-14)16(18)17-15-10-12-7-8-13(15)9-12/h2-6,11-13,15H,7-10H2,1H3,(H,17,18)/t11-,12+,13+,15+/m1/s1. The van der Waals surface area contributed by atoms with Crippen LogP contribution in [0.4, 0.5) is 0 Å². The number of amides is 1. The smallest absolute Gasteiger partial charge is 0.261 e. The van der Waals surface area contributed by atoms with Crippen molar-refractivity contribution in [1.29, 1.82) is 0 Å². The number of carbonyl (C=O) groups is 1. The van der Waals surface area contributed by atoms with Crippen molar-refractivity contribution in [3.63, 3.8) is 0 Å². The third kappa shape index (κ3) is 2.75. The van der Waals surface area contributed by atoms with E-state index in [1.54, 1.807) is 0 Å². The van der Waals surface area contributed by atoms with Crippen molar-refractivity contribution >= 4 is 5.91 Å². The number of para-hydroxylation sites is 1. The van der Waals surface area contributed by atoms with Crippen LogP contribution >= 0.6 is 0 Å². The second-order valence-corrected chi connectivity index (χ2v) is 5.86. The molecule has 3 rings (SSSR count). The van der Waals surface area contributed by atoms with Crippen LogP contribution in [0.3, 0.4) is 0 Å². The van der Waals surface area contributed by atoms with Gasteiger partial charge >= 0.3 is 0 Å². The minimum absolute atomic E-state index is 0.0152.